The molecule has 0 amide bonds. The van der Waals surface area contributed by atoms with Gasteiger partial charge in [-0.3, -0.25) is 4.90 Å². The van der Waals surface area contributed by atoms with Crippen LogP contribution in [0.3, 0.4) is 0 Å². The summed E-state index contributed by atoms with van der Waals surface area (Å²) in [6.07, 6.45) is 0. The fourth-order valence-electron chi connectivity index (χ4n) is 3.90. The number of aryl methyl sites for hydroxylation is 1. The maximum atomic E-state index is 13.9. The van der Waals surface area contributed by atoms with Crippen LogP contribution in [-0.2, 0) is 6.54 Å². The molecule has 1 aromatic heterocycles. The lowest BCUT2D eigenvalue weighted by Gasteiger charge is -2.37. The summed E-state index contributed by atoms with van der Waals surface area (Å²) in [7, 11) is 2.16. The highest BCUT2D eigenvalue weighted by Crippen LogP contribution is 2.22. The van der Waals surface area contributed by atoms with Crippen LogP contribution in [-0.4, -0.2) is 79.2 Å². The van der Waals surface area contributed by atoms with Crippen molar-refractivity contribution >= 4 is 11.6 Å². The molecule has 0 aliphatic carbocycles. The third-order valence-corrected chi connectivity index (χ3v) is 5.69. The second-order valence-corrected chi connectivity index (χ2v) is 7.78. The Labute approximate surface area is 166 Å². The Bertz CT molecular complexity index is 797. The molecule has 0 spiro atoms. The van der Waals surface area contributed by atoms with E-state index in [0.717, 1.165) is 75.4 Å². The highest BCUT2D eigenvalue weighted by molar-refractivity contribution is 5.51. The zero-order chi connectivity index (χ0) is 19.5. The number of hydrogen-bond acceptors (Lipinski definition) is 6. The van der Waals surface area contributed by atoms with E-state index in [1.165, 1.54) is 6.07 Å². The van der Waals surface area contributed by atoms with Crippen molar-refractivity contribution < 1.29 is 4.39 Å². The Kier molecular flexibility index (Phi) is 5.73. The topological polar surface area (TPSA) is 38.7 Å². The molecule has 2 saturated heterocycles. The van der Waals surface area contributed by atoms with Gasteiger partial charge in [0.15, 0.2) is 0 Å². The predicted octanol–water partition coefficient (Wildman–Crippen LogP) is 2.00. The summed E-state index contributed by atoms with van der Waals surface area (Å²) >= 11 is 0. The van der Waals surface area contributed by atoms with Gasteiger partial charge in [-0.1, -0.05) is 18.2 Å². The molecule has 0 saturated carbocycles. The number of likely N-dealkylation sites (N-methyl/N-ethyl adjacent to an activating group) is 1. The molecular weight excluding hydrogens is 355 g/mol. The number of piperazine rings is 2. The number of halogens is 1. The standard InChI is InChI=1S/C21H29FN6/c1-17-23-20(27-11-7-25(2)8-12-27)15-21(24-17)28-13-9-26(10-14-28)16-18-5-3-4-6-19(18)22/h3-6,15H,7-14,16H2,1-2H3. The van der Waals surface area contributed by atoms with E-state index in [0.29, 0.717) is 6.54 Å². The van der Waals surface area contributed by atoms with Gasteiger partial charge in [-0.05, 0) is 20.0 Å². The van der Waals surface area contributed by atoms with Gasteiger partial charge in [0.2, 0.25) is 0 Å². The van der Waals surface area contributed by atoms with Gasteiger partial charge in [0.05, 0.1) is 0 Å². The maximum Gasteiger partial charge on any atom is 0.134 e. The van der Waals surface area contributed by atoms with Crippen molar-refractivity contribution in [1.82, 2.24) is 19.8 Å². The van der Waals surface area contributed by atoms with Gasteiger partial charge in [-0.15, -0.1) is 0 Å². The van der Waals surface area contributed by atoms with Gasteiger partial charge in [0.1, 0.15) is 23.3 Å². The van der Waals surface area contributed by atoms with Crippen molar-refractivity contribution in [3.63, 3.8) is 0 Å². The minimum Gasteiger partial charge on any atom is -0.354 e. The molecular formula is C21H29FN6. The van der Waals surface area contributed by atoms with Gasteiger partial charge in [0, 0.05) is 70.5 Å². The minimum absolute atomic E-state index is 0.117. The van der Waals surface area contributed by atoms with Gasteiger partial charge in [0.25, 0.3) is 0 Å². The summed E-state index contributed by atoms with van der Waals surface area (Å²) in [5, 5.41) is 0. The summed E-state index contributed by atoms with van der Waals surface area (Å²) in [6.45, 7) is 10.4. The molecule has 2 aliphatic rings. The minimum atomic E-state index is -0.117. The SMILES string of the molecule is Cc1nc(N2CCN(C)CC2)cc(N2CCN(Cc3ccccc3F)CC2)n1. The molecule has 0 radical (unpaired) electrons. The van der Waals surface area contributed by atoms with Crippen LogP contribution in [0.5, 0.6) is 0 Å². The van der Waals surface area contributed by atoms with Crippen molar-refractivity contribution in [2.45, 2.75) is 13.5 Å². The molecule has 0 N–H and O–H groups in total. The Morgan fingerprint density at radius 2 is 1.43 bits per heavy atom. The van der Waals surface area contributed by atoms with Crippen LogP contribution in [0.1, 0.15) is 11.4 Å². The molecule has 28 heavy (non-hydrogen) atoms. The van der Waals surface area contributed by atoms with Crippen molar-refractivity contribution in [3.8, 4) is 0 Å². The Balaban J connectivity index is 1.40. The molecule has 0 unspecified atom stereocenters. The zero-order valence-corrected chi connectivity index (χ0v) is 16.8. The van der Waals surface area contributed by atoms with E-state index in [-0.39, 0.29) is 5.82 Å². The summed E-state index contributed by atoms with van der Waals surface area (Å²) in [5.41, 5.74) is 0.770. The molecule has 6 nitrogen and oxygen atoms in total. The van der Waals surface area contributed by atoms with E-state index in [2.05, 4.69) is 42.7 Å². The van der Waals surface area contributed by atoms with E-state index in [9.17, 15) is 4.39 Å². The first kappa shape index (κ1) is 19.1. The first-order chi connectivity index (χ1) is 13.6. The molecule has 2 aromatic rings. The molecule has 2 aliphatic heterocycles. The zero-order valence-electron chi connectivity index (χ0n) is 16.8. The quantitative estimate of drug-likeness (QED) is 0.803. The number of hydrogen-bond donors (Lipinski definition) is 0. The smallest absolute Gasteiger partial charge is 0.134 e. The number of nitrogens with zero attached hydrogens (tertiary/aromatic N) is 6. The van der Waals surface area contributed by atoms with Crippen molar-refractivity contribution in [1.29, 1.82) is 0 Å². The second-order valence-electron chi connectivity index (χ2n) is 7.78. The fraction of sp³-hybridized carbons (Fsp3) is 0.524. The van der Waals surface area contributed by atoms with Gasteiger partial charge >= 0.3 is 0 Å². The maximum absolute atomic E-state index is 13.9. The number of benzene rings is 1. The van der Waals surface area contributed by atoms with Crippen LogP contribution in [0.25, 0.3) is 0 Å². The fourth-order valence-corrected chi connectivity index (χ4v) is 3.90. The molecule has 2 fully saturated rings. The van der Waals surface area contributed by atoms with Crippen LogP contribution < -0.4 is 9.80 Å². The van der Waals surface area contributed by atoms with Gasteiger partial charge in [-0.25, -0.2) is 14.4 Å². The number of rotatable bonds is 4. The van der Waals surface area contributed by atoms with Crippen LogP contribution in [0.2, 0.25) is 0 Å². The first-order valence-electron chi connectivity index (χ1n) is 10.1. The van der Waals surface area contributed by atoms with Crippen LogP contribution in [0.15, 0.2) is 30.3 Å². The largest absolute Gasteiger partial charge is 0.354 e. The Morgan fingerprint density at radius 1 is 0.857 bits per heavy atom. The lowest BCUT2D eigenvalue weighted by Crippen LogP contribution is -2.47. The third-order valence-electron chi connectivity index (χ3n) is 5.69. The van der Waals surface area contributed by atoms with Crippen molar-refractivity contribution in [2.24, 2.45) is 0 Å². The Morgan fingerprint density at radius 3 is 2.04 bits per heavy atom. The summed E-state index contributed by atoms with van der Waals surface area (Å²) in [6, 6.07) is 9.18. The summed E-state index contributed by atoms with van der Waals surface area (Å²) < 4.78 is 13.9. The molecule has 3 heterocycles. The first-order valence-corrected chi connectivity index (χ1v) is 10.1. The van der Waals surface area contributed by atoms with Crippen LogP contribution >= 0.6 is 0 Å². The average Bonchev–Trinajstić information content (AvgIpc) is 2.70. The molecule has 1 aromatic carbocycles. The monoisotopic (exact) mass is 384 g/mol. The van der Waals surface area contributed by atoms with Crippen molar-refractivity contribution in [2.75, 3.05) is 69.2 Å². The third kappa shape index (κ3) is 4.42. The Hall–Kier alpha value is -2.25. The lowest BCUT2D eigenvalue weighted by molar-refractivity contribution is 0.246. The second kappa shape index (κ2) is 8.41. The molecule has 0 bridgehead atoms. The predicted molar refractivity (Wildman–Crippen MR) is 110 cm³/mol. The highest BCUT2D eigenvalue weighted by atomic mass is 19.1. The summed E-state index contributed by atoms with van der Waals surface area (Å²) in [4.78, 5) is 18.7. The molecule has 4 rings (SSSR count). The molecule has 0 atom stereocenters. The van der Waals surface area contributed by atoms with Gasteiger partial charge in [-0.2, -0.15) is 0 Å². The average molecular weight is 385 g/mol. The lowest BCUT2D eigenvalue weighted by atomic mass is 10.2. The van der Waals surface area contributed by atoms with Crippen LogP contribution in [0.4, 0.5) is 16.0 Å². The van der Waals surface area contributed by atoms with E-state index >= 15 is 0 Å². The highest BCUT2D eigenvalue weighted by Gasteiger charge is 2.22. The van der Waals surface area contributed by atoms with Crippen LogP contribution in [0, 0.1) is 12.7 Å². The molecule has 7 heteroatoms. The number of aromatic nitrogens is 2. The normalized spacial score (nSPS) is 19.2. The van der Waals surface area contributed by atoms with E-state index < -0.39 is 0 Å². The van der Waals surface area contributed by atoms with E-state index in [4.69, 9.17) is 0 Å². The number of anilines is 2. The van der Waals surface area contributed by atoms with E-state index in [1.54, 1.807) is 6.07 Å². The molecule has 150 valence electrons. The van der Waals surface area contributed by atoms with E-state index in [1.807, 2.05) is 19.1 Å². The van der Waals surface area contributed by atoms with Crippen molar-refractivity contribution in [3.05, 3.63) is 47.5 Å². The van der Waals surface area contributed by atoms with Gasteiger partial charge < -0.3 is 14.7 Å². The summed E-state index contributed by atoms with van der Waals surface area (Å²) in [5.74, 6) is 2.74.